The van der Waals surface area contributed by atoms with Gasteiger partial charge in [-0.1, -0.05) is 0 Å². The third kappa shape index (κ3) is 1.66. The summed E-state index contributed by atoms with van der Waals surface area (Å²) in [5.74, 6) is -3.03. The van der Waals surface area contributed by atoms with Gasteiger partial charge in [-0.3, -0.25) is 4.79 Å². The van der Waals surface area contributed by atoms with Crippen molar-refractivity contribution in [2.24, 2.45) is 0 Å². The average Bonchev–Trinajstić information content (AvgIpc) is 2.39. The van der Waals surface area contributed by atoms with E-state index >= 15 is 0 Å². The summed E-state index contributed by atoms with van der Waals surface area (Å²) in [7, 11) is 0. The number of hydrogen-bond acceptors (Lipinski definition) is 3. The van der Waals surface area contributed by atoms with Gasteiger partial charge in [-0.2, -0.15) is 0 Å². The molecule has 0 saturated heterocycles. The van der Waals surface area contributed by atoms with Gasteiger partial charge < -0.3 is 9.67 Å². The molecule has 1 aromatic heterocycles. The number of pyridine rings is 1. The molecule has 2 heterocycles. The molecule has 0 radical (unpaired) electrons. The lowest BCUT2D eigenvalue weighted by atomic mass is 10.1. The van der Waals surface area contributed by atoms with Crippen molar-refractivity contribution < 1.29 is 18.7 Å². The molecule has 2 aromatic rings. The normalized spacial score (nSPS) is 17.4. The van der Waals surface area contributed by atoms with Crippen LogP contribution in [-0.4, -0.2) is 21.4 Å². The lowest BCUT2D eigenvalue weighted by Crippen LogP contribution is -2.24. The van der Waals surface area contributed by atoms with Crippen molar-refractivity contribution in [2.75, 3.05) is 5.75 Å². The van der Waals surface area contributed by atoms with E-state index in [1.54, 1.807) is 0 Å². The molecule has 104 valence electrons. The zero-order valence-electron chi connectivity index (χ0n) is 10.3. The molecular weight excluding hydrogens is 288 g/mol. The summed E-state index contributed by atoms with van der Waals surface area (Å²) >= 11 is 1.13. The number of rotatable bonds is 1. The van der Waals surface area contributed by atoms with Crippen LogP contribution in [0.25, 0.3) is 10.9 Å². The van der Waals surface area contributed by atoms with Crippen molar-refractivity contribution >= 4 is 28.6 Å². The third-order valence-corrected chi connectivity index (χ3v) is 4.65. The Bertz CT molecular complexity index is 816. The van der Waals surface area contributed by atoms with Crippen molar-refractivity contribution in [3.05, 3.63) is 39.7 Å². The zero-order chi connectivity index (χ0) is 14.6. The van der Waals surface area contributed by atoms with Gasteiger partial charge in [0.25, 0.3) is 0 Å². The molecule has 0 bridgehead atoms. The number of nitrogens with zero attached hydrogens (tertiary/aromatic N) is 1. The molecule has 1 atom stereocenters. The largest absolute Gasteiger partial charge is 0.477 e. The predicted molar refractivity (Wildman–Crippen MR) is 70.5 cm³/mol. The molecule has 3 rings (SSSR count). The molecule has 0 aliphatic carbocycles. The highest BCUT2D eigenvalue weighted by Gasteiger charge is 2.27. The van der Waals surface area contributed by atoms with E-state index in [1.165, 1.54) is 10.8 Å². The van der Waals surface area contributed by atoms with E-state index in [0.29, 0.717) is 5.75 Å². The van der Waals surface area contributed by atoms with Gasteiger partial charge in [-0.15, -0.1) is 11.8 Å². The SMILES string of the molecule is C[C@@H]1CSc2c(F)c(F)cc3c(=O)c(C(=O)O)cn1c23. The topological polar surface area (TPSA) is 59.3 Å². The van der Waals surface area contributed by atoms with Crippen LogP contribution in [0.1, 0.15) is 23.3 Å². The van der Waals surface area contributed by atoms with E-state index in [0.717, 1.165) is 17.8 Å². The van der Waals surface area contributed by atoms with E-state index in [-0.39, 0.29) is 21.8 Å². The molecule has 1 aromatic carbocycles. The quantitative estimate of drug-likeness (QED) is 0.879. The van der Waals surface area contributed by atoms with Gasteiger partial charge in [0.1, 0.15) is 5.56 Å². The minimum absolute atomic E-state index is 0.0622. The van der Waals surface area contributed by atoms with Crippen LogP contribution < -0.4 is 5.43 Å². The molecular formula is C13H9F2NO3S. The van der Waals surface area contributed by atoms with Gasteiger partial charge in [-0.05, 0) is 13.0 Å². The molecule has 0 unspecified atom stereocenters. The maximum Gasteiger partial charge on any atom is 0.341 e. The minimum Gasteiger partial charge on any atom is -0.477 e. The number of carboxylic acid groups (broad SMARTS) is 1. The number of carbonyl (C=O) groups is 1. The Morgan fingerprint density at radius 1 is 1.50 bits per heavy atom. The Morgan fingerprint density at radius 2 is 2.20 bits per heavy atom. The van der Waals surface area contributed by atoms with Crippen molar-refractivity contribution in [1.29, 1.82) is 0 Å². The molecule has 0 spiro atoms. The fourth-order valence-corrected chi connectivity index (χ4v) is 3.49. The standard InChI is InChI=1S/C13H9F2NO3S/c1-5-4-20-12-9(15)8(14)2-6-10(12)16(5)3-7(11(6)17)13(18)19/h2-3,5H,4H2,1H3,(H,18,19)/t5-/m1/s1. The molecule has 20 heavy (non-hydrogen) atoms. The van der Waals surface area contributed by atoms with Gasteiger partial charge >= 0.3 is 5.97 Å². The second-order valence-electron chi connectivity index (χ2n) is 4.64. The first-order valence-electron chi connectivity index (χ1n) is 5.84. The van der Waals surface area contributed by atoms with Crippen LogP contribution in [0.4, 0.5) is 8.78 Å². The Labute approximate surface area is 116 Å². The summed E-state index contributed by atoms with van der Waals surface area (Å²) in [6.07, 6.45) is 1.21. The highest BCUT2D eigenvalue weighted by atomic mass is 32.2. The summed E-state index contributed by atoms with van der Waals surface area (Å²) in [6.45, 7) is 1.83. The summed E-state index contributed by atoms with van der Waals surface area (Å²) < 4.78 is 29.0. The van der Waals surface area contributed by atoms with Gasteiger partial charge in [-0.25, -0.2) is 13.6 Å². The van der Waals surface area contributed by atoms with Crippen molar-refractivity contribution in [1.82, 2.24) is 4.57 Å². The van der Waals surface area contributed by atoms with Gasteiger partial charge in [0.2, 0.25) is 5.43 Å². The average molecular weight is 297 g/mol. The van der Waals surface area contributed by atoms with Gasteiger partial charge in [0.05, 0.1) is 15.8 Å². The molecule has 1 N–H and O–H groups in total. The number of halogens is 2. The van der Waals surface area contributed by atoms with Crippen LogP contribution in [0.2, 0.25) is 0 Å². The predicted octanol–water partition coefficient (Wildman–Crippen LogP) is 2.64. The first-order chi connectivity index (χ1) is 9.41. The first-order valence-corrected chi connectivity index (χ1v) is 6.83. The maximum atomic E-state index is 13.8. The second-order valence-corrected chi connectivity index (χ2v) is 5.67. The van der Waals surface area contributed by atoms with Crippen molar-refractivity contribution in [3.63, 3.8) is 0 Å². The van der Waals surface area contributed by atoms with E-state index in [9.17, 15) is 18.4 Å². The number of aromatic nitrogens is 1. The Hall–Kier alpha value is -1.89. The highest BCUT2D eigenvalue weighted by Crippen LogP contribution is 2.38. The molecule has 1 aliphatic heterocycles. The molecule has 1 aliphatic rings. The molecule has 4 nitrogen and oxygen atoms in total. The maximum absolute atomic E-state index is 13.8. The van der Waals surface area contributed by atoms with Crippen LogP contribution in [0, 0.1) is 11.6 Å². The molecule has 0 amide bonds. The number of thioether (sulfide) groups is 1. The van der Waals surface area contributed by atoms with Gasteiger partial charge in [0, 0.05) is 18.0 Å². The van der Waals surface area contributed by atoms with E-state index in [2.05, 4.69) is 0 Å². The number of carboxylic acids is 1. The fraction of sp³-hybridized carbons (Fsp3) is 0.231. The fourth-order valence-electron chi connectivity index (χ4n) is 2.35. The van der Waals surface area contributed by atoms with Crippen molar-refractivity contribution in [3.8, 4) is 0 Å². The first kappa shape index (κ1) is 13.1. The van der Waals surface area contributed by atoms with Crippen LogP contribution in [-0.2, 0) is 0 Å². The third-order valence-electron chi connectivity index (χ3n) is 3.34. The van der Waals surface area contributed by atoms with E-state index < -0.39 is 28.6 Å². The highest BCUT2D eigenvalue weighted by molar-refractivity contribution is 7.99. The molecule has 0 saturated carbocycles. The van der Waals surface area contributed by atoms with Crippen LogP contribution in [0.15, 0.2) is 22.0 Å². The monoisotopic (exact) mass is 297 g/mol. The number of aromatic carboxylic acids is 1. The molecule has 0 fully saturated rings. The van der Waals surface area contributed by atoms with Gasteiger partial charge in [0.15, 0.2) is 11.6 Å². The Kier molecular flexibility index (Phi) is 2.82. The smallest absolute Gasteiger partial charge is 0.341 e. The van der Waals surface area contributed by atoms with Crippen LogP contribution in [0.5, 0.6) is 0 Å². The summed E-state index contributed by atoms with van der Waals surface area (Å²) in [5, 5.41) is 8.96. The lowest BCUT2D eigenvalue weighted by molar-refractivity contribution is 0.0694. The Balaban J connectivity index is 2.57. The summed E-state index contributed by atoms with van der Waals surface area (Å²) in [6, 6.07) is 0.663. The Morgan fingerprint density at radius 3 is 2.85 bits per heavy atom. The number of benzene rings is 1. The lowest BCUT2D eigenvalue weighted by Gasteiger charge is -2.26. The number of hydrogen-bond donors (Lipinski definition) is 1. The van der Waals surface area contributed by atoms with Crippen molar-refractivity contribution in [2.45, 2.75) is 17.9 Å². The van der Waals surface area contributed by atoms with E-state index in [1.807, 2.05) is 6.92 Å². The van der Waals surface area contributed by atoms with Crippen LogP contribution >= 0.6 is 11.8 Å². The van der Waals surface area contributed by atoms with E-state index in [4.69, 9.17) is 5.11 Å². The summed E-state index contributed by atoms with van der Waals surface area (Å²) in [5.41, 5.74) is -0.963. The van der Waals surface area contributed by atoms with Crippen LogP contribution in [0.3, 0.4) is 0 Å². The second kappa shape index (κ2) is 4.31. The molecule has 7 heteroatoms. The zero-order valence-corrected chi connectivity index (χ0v) is 11.1. The summed E-state index contributed by atoms with van der Waals surface area (Å²) in [4.78, 5) is 23.3. The minimum atomic E-state index is -1.38.